The van der Waals surface area contributed by atoms with E-state index in [1.165, 1.54) is 37.1 Å². The summed E-state index contributed by atoms with van der Waals surface area (Å²) in [6, 6.07) is 9.03. The van der Waals surface area contributed by atoms with Crippen LogP contribution in [0.2, 0.25) is 0 Å². The van der Waals surface area contributed by atoms with E-state index in [4.69, 9.17) is 15.2 Å². The number of anilines is 2. The zero-order chi connectivity index (χ0) is 27.2. The Kier molecular flexibility index (Phi) is 12.5. The highest BCUT2D eigenvalue weighted by Gasteiger charge is 2.22. The molecule has 0 aliphatic heterocycles. The van der Waals surface area contributed by atoms with Crippen LogP contribution in [0.4, 0.5) is 20.2 Å². The number of carbonyl (C=O) groups excluding carboxylic acids is 3. The van der Waals surface area contributed by atoms with Crippen LogP contribution in [0.25, 0.3) is 0 Å². The number of ether oxygens (including phenoxy) is 2. The number of carbonyl (C=O) groups is 3. The van der Waals surface area contributed by atoms with Crippen molar-refractivity contribution >= 4 is 29.6 Å². The highest BCUT2D eigenvalue weighted by atomic mass is 19.1. The van der Waals surface area contributed by atoms with Gasteiger partial charge in [-0.1, -0.05) is 26.0 Å². The lowest BCUT2D eigenvalue weighted by Gasteiger charge is -2.10. The summed E-state index contributed by atoms with van der Waals surface area (Å²) in [7, 11) is 0. The van der Waals surface area contributed by atoms with Crippen LogP contribution in [0.1, 0.15) is 73.1 Å². The predicted molar refractivity (Wildman–Crippen MR) is 138 cm³/mol. The molecule has 37 heavy (non-hydrogen) atoms. The standard InChI is InChI=1S/C14H18FNO2.C10H12FNO2.C4H6O/c1-2-8-18-14(17)11-4-3-5-12(13(11)15)16-9-10-6-7-10;1-2-6-14-10(13)7-4-3-5-8(12)9(7)11;5-3-4-1-2-4/h3-5,10,16H,2,6-9H2,1H3;3-5H,2,6,12H2,1H3;3-4H,1-2H2. The first-order valence-electron chi connectivity index (χ1n) is 12.7. The van der Waals surface area contributed by atoms with Crippen LogP contribution in [0.15, 0.2) is 36.4 Å². The molecular weight excluding hydrogens is 482 g/mol. The summed E-state index contributed by atoms with van der Waals surface area (Å²) in [4.78, 5) is 32.5. The lowest BCUT2D eigenvalue weighted by molar-refractivity contribution is -0.108. The summed E-state index contributed by atoms with van der Waals surface area (Å²) in [5.41, 5.74) is 5.53. The number of hydrogen-bond acceptors (Lipinski definition) is 7. The molecule has 0 heterocycles. The third-order valence-corrected chi connectivity index (χ3v) is 5.43. The zero-order valence-corrected chi connectivity index (χ0v) is 21.4. The van der Waals surface area contributed by atoms with E-state index in [1.54, 1.807) is 12.1 Å². The van der Waals surface area contributed by atoms with E-state index in [1.807, 2.05) is 13.8 Å². The molecule has 0 atom stereocenters. The molecule has 0 saturated heterocycles. The number of nitrogen functional groups attached to an aromatic ring is 1. The molecule has 0 amide bonds. The molecule has 3 N–H and O–H groups in total. The van der Waals surface area contributed by atoms with Crippen LogP contribution >= 0.6 is 0 Å². The molecule has 2 saturated carbocycles. The van der Waals surface area contributed by atoms with Crippen LogP contribution in [0.3, 0.4) is 0 Å². The fourth-order valence-corrected chi connectivity index (χ4v) is 2.89. The third kappa shape index (κ3) is 10.6. The van der Waals surface area contributed by atoms with Gasteiger partial charge >= 0.3 is 11.9 Å². The molecule has 4 rings (SSSR count). The Labute approximate surface area is 216 Å². The normalized spacial score (nSPS) is 13.7. The second-order valence-corrected chi connectivity index (χ2v) is 8.95. The van der Waals surface area contributed by atoms with Gasteiger partial charge in [-0.25, -0.2) is 18.4 Å². The fraction of sp³-hybridized carbons (Fsp3) is 0.464. The number of esters is 2. The molecule has 2 aromatic rings. The van der Waals surface area contributed by atoms with E-state index >= 15 is 0 Å². The van der Waals surface area contributed by atoms with Crippen molar-refractivity contribution in [2.45, 2.75) is 52.4 Å². The average molecular weight is 519 g/mol. The van der Waals surface area contributed by atoms with Gasteiger partial charge in [-0.05, 0) is 68.7 Å². The molecule has 202 valence electrons. The van der Waals surface area contributed by atoms with Crippen LogP contribution < -0.4 is 11.1 Å². The largest absolute Gasteiger partial charge is 0.462 e. The Morgan fingerprint density at radius 3 is 1.92 bits per heavy atom. The van der Waals surface area contributed by atoms with Gasteiger partial charge in [0.25, 0.3) is 0 Å². The smallest absolute Gasteiger partial charge is 0.341 e. The predicted octanol–water partition coefficient (Wildman–Crippen LogP) is 5.78. The van der Waals surface area contributed by atoms with Crippen LogP contribution in [-0.2, 0) is 14.3 Å². The molecule has 0 spiro atoms. The number of hydrogen-bond donors (Lipinski definition) is 2. The molecular formula is C28H36F2N2O5. The van der Waals surface area contributed by atoms with Gasteiger partial charge in [0.05, 0.1) is 35.7 Å². The quantitative estimate of drug-likeness (QED) is 0.233. The Balaban J connectivity index is 0.000000224. The topological polar surface area (TPSA) is 108 Å². The van der Waals surface area contributed by atoms with Crippen LogP contribution in [0, 0.1) is 23.5 Å². The van der Waals surface area contributed by atoms with Crippen molar-refractivity contribution < 1.29 is 32.6 Å². The lowest BCUT2D eigenvalue weighted by Crippen LogP contribution is -2.11. The molecule has 0 bridgehead atoms. The minimum atomic E-state index is -0.714. The second-order valence-electron chi connectivity index (χ2n) is 8.95. The minimum Gasteiger partial charge on any atom is -0.462 e. The monoisotopic (exact) mass is 518 g/mol. The Bertz CT molecular complexity index is 1040. The van der Waals surface area contributed by atoms with Gasteiger partial charge in [-0.3, -0.25) is 0 Å². The van der Waals surface area contributed by atoms with E-state index in [2.05, 4.69) is 5.32 Å². The summed E-state index contributed by atoms with van der Waals surface area (Å²) >= 11 is 0. The van der Waals surface area contributed by atoms with Crippen molar-refractivity contribution in [1.82, 2.24) is 0 Å². The van der Waals surface area contributed by atoms with E-state index < -0.39 is 23.6 Å². The van der Waals surface area contributed by atoms with Crippen molar-refractivity contribution in [3.05, 3.63) is 59.2 Å². The molecule has 2 aliphatic rings. The van der Waals surface area contributed by atoms with Crippen molar-refractivity contribution in [1.29, 1.82) is 0 Å². The summed E-state index contributed by atoms with van der Waals surface area (Å²) in [5, 5.41) is 3.04. The highest BCUT2D eigenvalue weighted by Crippen LogP contribution is 2.29. The van der Waals surface area contributed by atoms with Gasteiger partial charge in [0, 0.05) is 12.5 Å². The molecule has 0 unspecified atom stereocenters. The summed E-state index contributed by atoms with van der Waals surface area (Å²) in [6.07, 6.45) is 7.15. The average Bonchev–Trinajstić information content (AvgIpc) is 3.82. The van der Waals surface area contributed by atoms with Gasteiger partial charge in [0.15, 0.2) is 11.6 Å². The van der Waals surface area contributed by atoms with E-state index in [0.29, 0.717) is 30.6 Å². The highest BCUT2D eigenvalue weighted by molar-refractivity contribution is 5.91. The van der Waals surface area contributed by atoms with Crippen LogP contribution in [-0.4, -0.2) is 38.0 Å². The molecule has 2 aliphatic carbocycles. The number of nitrogens with one attached hydrogen (secondary N) is 1. The Morgan fingerprint density at radius 1 is 0.919 bits per heavy atom. The fourth-order valence-electron chi connectivity index (χ4n) is 2.89. The Morgan fingerprint density at radius 2 is 1.46 bits per heavy atom. The van der Waals surface area contributed by atoms with Gasteiger partial charge in [-0.15, -0.1) is 0 Å². The molecule has 9 heteroatoms. The summed E-state index contributed by atoms with van der Waals surface area (Å²) in [6.45, 7) is 5.13. The number of aldehydes is 1. The molecule has 7 nitrogen and oxygen atoms in total. The van der Waals surface area contributed by atoms with Crippen molar-refractivity contribution in [2.75, 3.05) is 30.8 Å². The lowest BCUT2D eigenvalue weighted by atomic mass is 10.2. The molecule has 0 radical (unpaired) electrons. The Hall–Kier alpha value is -3.49. The minimum absolute atomic E-state index is 0.00393. The molecule has 0 aromatic heterocycles. The first kappa shape index (κ1) is 29.7. The van der Waals surface area contributed by atoms with Crippen molar-refractivity contribution in [3.8, 4) is 0 Å². The maximum Gasteiger partial charge on any atom is 0.341 e. The van der Waals surface area contributed by atoms with Gasteiger partial charge in [-0.2, -0.15) is 0 Å². The molecule has 2 fully saturated rings. The van der Waals surface area contributed by atoms with E-state index in [0.717, 1.165) is 32.1 Å². The second kappa shape index (κ2) is 15.6. The van der Waals surface area contributed by atoms with Crippen LogP contribution in [0.5, 0.6) is 0 Å². The van der Waals surface area contributed by atoms with Gasteiger partial charge in [0.2, 0.25) is 0 Å². The van der Waals surface area contributed by atoms with E-state index in [9.17, 15) is 23.2 Å². The first-order valence-corrected chi connectivity index (χ1v) is 12.7. The van der Waals surface area contributed by atoms with Crippen molar-refractivity contribution in [2.24, 2.45) is 11.8 Å². The summed E-state index contributed by atoms with van der Waals surface area (Å²) in [5.74, 6) is -1.39. The first-order chi connectivity index (χ1) is 17.8. The maximum atomic E-state index is 14.1. The maximum absolute atomic E-state index is 14.1. The number of nitrogens with two attached hydrogens (primary N) is 1. The summed E-state index contributed by atoms with van der Waals surface area (Å²) < 4.78 is 37.0. The SMILES string of the molecule is CCCOC(=O)c1cccc(N)c1F.CCCOC(=O)c1cccc(NCC2CC2)c1F.O=CC1CC1. The third-order valence-electron chi connectivity index (χ3n) is 5.43. The van der Waals surface area contributed by atoms with Crippen molar-refractivity contribution in [3.63, 3.8) is 0 Å². The molecule has 2 aromatic carbocycles. The zero-order valence-electron chi connectivity index (χ0n) is 21.4. The number of halogens is 2. The van der Waals surface area contributed by atoms with Gasteiger partial charge in [0.1, 0.15) is 6.29 Å². The van der Waals surface area contributed by atoms with Gasteiger partial charge < -0.3 is 25.3 Å². The number of benzene rings is 2. The number of rotatable bonds is 10. The van der Waals surface area contributed by atoms with E-state index in [-0.39, 0.29) is 23.4 Å².